The molecule has 0 heterocycles. The van der Waals surface area contributed by atoms with Crippen molar-refractivity contribution < 1.29 is 23.4 Å². The number of thiol groups is 1. The van der Waals surface area contributed by atoms with Gasteiger partial charge in [0, 0.05) is 17.5 Å². The summed E-state index contributed by atoms with van der Waals surface area (Å²) < 4.78 is 37.0. The summed E-state index contributed by atoms with van der Waals surface area (Å²) in [5.41, 5.74) is 0.658. The van der Waals surface area contributed by atoms with Crippen LogP contribution in [0.5, 0.6) is 0 Å². The Morgan fingerprint density at radius 1 is 1.14 bits per heavy atom. The van der Waals surface area contributed by atoms with E-state index < -0.39 is 24.1 Å². The number of rotatable bonds is 5. The minimum Gasteiger partial charge on any atom is -0.358 e. The van der Waals surface area contributed by atoms with Gasteiger partial charge in [-0.2, -0.15) is 25.8 Å². The molecule has 0 bridgehead atoms. The molecule has 0 aromatic heterocycles. The Hall–Kier alpha value is -1.64. The molecule has 0 aliphatic carbocycles. The molecule has 4 nitrogen and oxygen atoms in total. The topological polar surface area (TPSA) is 88.2 Å². The Morgan fingerprint density at radius 2 is 1.62 bits per heavy atom. The van der Waals surface area contributed by atoms with Crippen LogP contribution in [-0.4, -0.2) is 34.1 Å². The highest BCUT2D eigenvalue weighted by molar-refractivity contribution is 7.83. The minimum atomic E-state index is -5.23. The van der Waals surface area contributed by atoms with Crippen LogP contribution in [-0.2, 0) is 0 Å². The van der Waals surface area contributed by atoms with Crippen LogP contribution in [0.15, 0.2) is 29.7 Å². The molecule has 0 aliphatic heterocycles. The third kappa shape index (κ3) is 4.16. The van der Waals surface area contributed by atoms with Crippen molar-refractivity contribution in [3.63, 3.8) is 0 Å². The molecule has 0 amide bonds. The lowest BCUT2D eigenvalue weighted by Gasteiger charge is -2.24. The molecule has 114 valence electrons. The SMILES string of the molecule is N=C/C(=C\S)c1ccc(C(=N)CC(O)(O)C(F)(F)F)cc1. The van der Waals surface area contributed by atoms with Crippen molar-refractivity contribution in [2.75, 3.05) is 0 Å². The number of alkyl halides is 3. The lowest BCUT2D eigenvalue weighted by molar-refractivity contribution is -0.344. The number of hydrogen-bond acceptors (Lipinski definition) is 5. The van der Waals surface area contributed by atoms with Gasteiger partial charge >= 0.3 is 6.18 Å². The highest BCUT2D eigenvalue weighted by Crippen LogP contribution is 2.31. The molecule has 0 unspecified atom stereocenters. The summed E-state index contributed by atoms with van der Waals surface area (Å²) in [4.78, 5) is 0. The molecule has 1 aromatic carbocycles. The summed E-state index contributed by atoms with van der Waals surface area (Å²) in [6.45, 7) is 0. The predicted octanol–water partition coefficient (Wildman–Crippen LogP) is 2.61. The zero-order valence-corrected chi connectivity index (χ0v) is 11.5. The highest BCUT2D eigenvalue weighted by atomic mass is 32.1. The van der Waals surface area contributed by atoms with E-state index in [9.17, 15) is 13.2 Å². The highest BCUT2D eigenvalue weighted by Gasteiger charge is 2.53. The number of halogens is 3. The fourth-order valence-electron chi connectivity index (χ4n) is 1.51. The Balaban J connectivity index is 2.93. The zero-order valence-electron chi connectivity index (χ0n) is 10.6. The Kier molecular flexibility index (Phi) is 5.32. The fourth-order valence-corrected chi connectivity index (χ4v) is 1.73. The van der Waals surface area contributed by atoms with Crippen molar-refractivity contribution >= 4 is 30.1 Å². The van der Waals surface area contributed by atoms with Crippen LogP contribution in [0, 0.1) is 10.8 Å². The molecule has 0 atom stereocenters. The third-order valence-corrected chi connectivity index (χ3v) is 3.02. The maximum atomic E-state index is 12.3. The van der Waals surface area contributed by atoms with Crippen LogP contribution in [0.4, 0.5) is 13.2 Å². The number of aliphatic hydroxyl groups is 2. The van der Waals surface area contributed by atoms with Crippen molar-refractivity contribution in [1.82, 2.24) is 0 Å². The predicted molar refractivity (Wildman–Crippen MR) is 76.9 cm³/mol. The first-order valence-electron chi connectivity index (χ1n) is 5.67. The molecular weight excluding hydrogens is 305 g/mol. The second-order valence-corrected chi connectivity index (χ2v) is 4.53. The van der Waals surface area contributed by atoms with E-state index in [1.807, 2.05) is 0 Å². The van der Waals surface area contributed by atoms with Crippen LogP contribution < -0.4 is 0 Å². The quantitative estimate of drug-likeness (QED) is 0.328. The van der Waals surface area contributed by atoms with Crippen LogP contribution in [0.3, 0.4) is 0 Å². The molecular formula is C13H13F3N2O2S. The minimum absolute atomic E-state index is 0.124. The molecule has 0 fully saturated rings. The van der Waals surface area contributed by atoms with E-state index >= 15 is 0 Å². The van der Waals surface area contributed by atoms with Crippen molar-refractivity contribution in [2.24, 2.45) is 0 Å². The van der Waals surface area contributed by atoms with Gasteiger partial charge in [0.25, 0.3) is 5.79 Å². The van der Waals surface area contributed by atoms with Crippen LogP contribution in [0.25, 0.3) is 5.57 Å². The normalized spacial score (nSPS) is 13.1. The van der Waals surface area contributed by atoms with Crippen molar-refractivity contribution in [3.8, 4) is 0 Å². The van der Waals surface area contributed by atoms with E-state index in [-0.39, 0.29) is 5.56 Å². The molecule has 0 saturated heterocycles. The molecule has 0 aliphatic rings. The van der Waals surface area contributed by atoms with Crippen LogP contribution in [0.1, 0.15) is 17.5 Å². The molecule has 0 spiro atoms. The lowest BCUT2D eigenvalue weighted by atomic mass is 9.99. The van der Waals surface area contributed by atoms with E-state index in [1.165, 1.54) is 29.7 Å². The van der Waals surface area contributed by atoms with Gasteiger partial charge in [-0.05, 0) is 16.5 Å². The van der Waals surface area contributed by atoms with Gasteiger partial charge in [0.1, 0.15) is 0 Å². The number of nitrogens with one attached hydrogen (secondary N) is 2. The summed E-state index contributed by atoms with van der Waals surface area (Å²) in [7, 11) is 0. The summed E-state index contributed by atoms with van der Waals surface area (Å²) >= 11 is 3.91. The average molecular weight is 318 g/mol. The Bertz CT molecular complexity index is 566. The van der Waals surface area contributed by atoms with E-state index in [0.29, 0.717) is 11.1 Å². The first kappa shape index (κ1) is 17.4. The second-order valence-electron chi connectivity index (χ2n) is 4.28. The summed E-state index contributed by atoms with van der Waals surface area (Å²) in [6.07, 6.45) is -5.44. The van der Waals surface area contributed by atoms with Gasteiger partial charge < -0.3 is 21.0 Å². The molecule has 21 heavy (non-hydrogen) atoms. The standard InChI is InChI=1S/C13H13F3N2O2S/c14-13(15,16)12(19,20)5-11(18)9-3-1-8(2-4-9)10(6-17)7-21/h1-4,6-7,17-21H,5H2/b10-7+,17-6?,18-11?. The van der Waals surface area contributed by atoms with Crippen molar-refractivity contribution in [1.29, 1.82) is 10.8 Å². The first-order valence-corrected chi connectivity index (χ1v) is 6.18. The zero-order chi connectivity index (χ0) is 16.3. The van der Waals surface area contributed by atoms with E-state index in [2.05, 4.69) is 12.6 Å². The molecule has 1 aromatic rings. The molecule has 4 N–H and O–H groups in total. The van der Waals surface area contributed by atoms with Gasteiger partial charge in [-0.25, -0.2) is 0 Å². The molecule has 8 heteroatoms. The Morgan fingerprint density at radius 3 is 2.00 bits per heavy atom. The van der Waals surface area contributed by atoms with E-state index in [4.69, 9.17) is 21.0 Å². The lowest BCUT2D eigenvalue weighted by Crippen LogP contribution is -2.46. The Labute approximate surface area is 124 Å². The maximum Gasteiger partial charge on any atom is 0.443 e. The smallest absolute Gasteiger partial charge is 0.358 e. The van der Waals surface area contributed by atoms with Gasteiger partial charge in [0.15, 0.2) is 0 Å². The summed E-state index contributed by atoms with van der Waals surface area (Å²) in [5.74, 6) is -3.94. The maximum absolute atomic E-state index is 12.3. The first-order chi connectivity index (χ1) is 9.62. The van der Waals surface area contributed by atoms with Gasteiger partial charge in [0.2, 0.25) is 0 Å². The number of hydrogen-bond donors (Lipinski definition) is 5. The largest absolute Gasteiger partial charge is 0.443 e. The van der Waals surface area contributed by atoms with Gasteiger partial charge in [-0.15, -0.1) is 0 Å². The van der Waals surface area contributed by atoms with E-state index in [0.717, 1.165) is 6.21 Å². The molecule has 1 rings (SSSR count). The second kappa shape index (κ2) is 6.42. The third-order valence-electron chi connectivity index (χ3n) is 2.74. The fraction of sp³-hybridized carbons (Fsp3) is 0.231. The monoisotopic (exact) mass is 318 g/mol. The van der Waals surface area contributed by atoms with Crippen molar-refractivity contribution in [2.45, 2.75) is 18.4 Å². The van der Waals surface area contributed by atoms with Crippen LogP contribution in [0.2, 0.25) is 0 Å². The molecule has 0 saturated carbocycles. The number of benzene rings is 1. The van der Waals surface area contributed by atoms with E-state index in [1.54, 1.807) is 0 Å². The molecule has 0 radical (unpaired) electrons. The van der Waals surface area contributed by atoms with Gasteiger partial charge in [-0.3, -0.25) is 0 Å². The summed E-state index contributed by atoms with van der Waals surface area (Å²) in [6, 6.07) is 5.73. The average Bonchev–Trinajstić information content (AvgIpc) is 2.39. The van der Waals surface area contributed by atoms with Crippen LogP contribution >= 0.6 is 12.6 Å². The van der Waals surface area contributed by atoms with Gasteiger partial charge in [-0.1, -0.05) is 24.3 Å². The van der Waals surface area contributed by atoms with Gasteiger partial charge in [0.05, 0.1) is 6.42 Å². The van der Waals surface area contributed by atoms with Crippen molar-refractivity contribution in [3.05, 3.63) is 40.8 Å². The number of allylic oxidation sites excluding steroid dienone is 1. The summed E-state index contributed by atoms with van der Waals surface area (Å²) in [5, 5.41) is 34.0.